The summed E-state index contributed by atoms with van der Waals surface area (Å²) in [7, 11) is 3.26. The minimum atomic E-state index is -0.122. The van der Waals surface area contributed by atoms with Crippen LogP contribution in [0.1, 0.15) is 53.2 Å². The lowest BCUT2D eigenvalue weighted by molar-refractivity contribution is -0.128. The smallest absolute Gasteiger partial charge is 0.251 e. The van der Waals surface area contributed by atoms with Crippen LogP contribution in [0.15, 0.2) is 54.6 Å². The summed E-state index contributed by atoms with van der Waals surface area (Å²) < 4.78 is 5.26. The van der Waals surface area contributed by atoms with E-state index < -0.39 is 0 Å². The second-order valence-electron chi connectivity index (χ2n) is 7.20. The molecule has 5 nitrogen and oxygen atoms in total. The highest BCUT2D eigenvalue weighted by atomic mass is 16.5. The quantitative estimate of drug-likeness (QED) is 0.776. The normalized spacial score (nSPS) is 17.0. The molecule has 2 amide bonds. The summed E-state index contributed by atoms with van der Waals surface area (Å²) >= 11 is 0. The number of ether oxygens (including phenoxy) is 1. The minimum absolute atomic E-state index is 0.0168. The zero-order valence-electron chi connectivity index (χ0n) is 17.1. The number of hydrogen-bond acceptors (Lipinski definition) is 3. The van der Waals surface area contributed by atoms with Crippen LogP contribution < -0.4 is 10.1 Å². The van der Waals surface area contributed by atoms with Crippen LogP contribution in [0.2, 0.25) is 0 Å². The molecule has 1 saturated heterocycles. The third kappa shape index (κ3) is 5.25. The van der Waals surface area contributed by atoms with Crippen LogP contribution in [0.4, 0.5) is 0 Å². The van der Waals surface area contributed by atoms with E-state index in [0.717, 1.165) is 49.1 Å². The van der Waals surface area contributed by atoms with Crippen LogP contribution in [0.25, 0.3) is 6.08 Å². The molecule has 3 rings (SSSR count). The monoisotopic (exact) mass is 392 g/mol. The standard InChI is InChI=1S/C24H28N2O3/c1-25-24(28)20-10-7-18(8-11-20)9-16-23(27)26-17-5-3-4-6-22(26)19-12-14-21(29-2)15-13-19/h7-16,22H,3-6,17H2,1-2H3,(H,25,28). The van der Waals surface area contributed by atoms with Gasteiger partial charge in [-0.1, -0.05) is 37.1 Å². The van der Waals surface area contributed by atoms with E-state index >= 15 is 0 Å². The van der Waals surface area contributed by atoms with E-state index in [0.29, 0.717) is 5.56 Å². The number of carbonyl (C=O) groups excluding carboxylic acids is 2. The number of likely N-dealkylation sites (tertiary alicyclic amines) is 1. The number of nitrogens with one attached hydrogen (secondary N) is 1. The van der Waals surface area contributed by atoms with Gasteiger partial charge in [0.25, 0.3) is 5.91 Å². The summed E-state index contributed by atoms with van der Waals surface area (Å²) in [4.78, 5) is 26.6. The SMILES string of the molecule is CNC(=O)c1ccc(C=CC(=O)N2CCCCCC2c2ccc(OC)cc2)cc1. The maximum Gasteiger partial charge on any atom is 0.251 e. The summed E-state index contributed by atoms with van der Waals surface area (Å²) in [6.07, 6.45) is 7.69. The highest BCUT2D eigenvalue weighted by molar-refractivity contribution is 5.95. The molecule has 5 heteroatoms. The van der Waals surface area contributed by atoms with E-state index in [1.54, 1.807) is 32.4 Å². The van der Waals surface area contributed by atoms with Crippen LogP contribution in [-0.4, -0.2) is 37.4 Å². The zero-order chi connectivity index (χ0) is 20.6. The van der Waals surface area contributed by atoms with Gasteiger partial charge in [0, 0.05) is 25.2 Å². The number of amides is 2. The van der Waals surface area contributed by atoms with E-state index in [2.05, 4.69) is 17.4 Å². The van der Waals surface area contributed by atoms with Crippen LogP contribution in [0.3, 0.4) is 0 Å². The molecule has 2 aromatic carbocycles. The van der Waals surface area contributed by atoms with Gasteiger partial charge in [-0.3, -0.25) is 9.59 Å². The molecule has 0 spiro atoms. The topological polar surface area (TPSA) is 58.6 Å². The van der Waals surface area contributed by atoms with E-state index in [1.807, 2.05) is 35.2 Å². The molecule has 0 saturated carbocycles. The number of rotatable bonds is 5. The van der Waals surface area contributed by atoms with Gasteiger partial charge in [0.2, 0.25) is 5.91 Å². The van der Waals surface area contributed by atoms with Crippen molar-refractivity contribution < 1.29 is 14.3 Å². The van der Waals surface area contributed by atoms with Gasteiger partial charge in [0.15, 0.2) is 0 Å². The van der Waals surface area contributed by atoms with Crippen molar-refractivity contribution in [2.75, 3.05) is 20.7 Å². The molecular formula is C24H28N2O3. The highest BCUT2D eigenvalue weighted by Gasteiger charge is 2.25. The molecule has 0 aliphatic carbocycles. The van der Waals surface area contributed by atoms with Crippen LogP contribution in [0.5, 0.6) is 5.75 Å². The molecule has 1 aliphatic heterocycles. The molecule has 2 aromatic rings. The Hall–Kier alpha value is -3.08. The Morgan fingerprint density at radius 1 is 1.03 bits per heavy atom. The average Bonchev–Trinajstić information content (AvgIpc) is 3.03. The molecule has 1 heterocycles. The third-order valence-electron chi connectivity index (χ3n) is 5.35. The molecule has 152 valence electrons. The second-order valence-corrected chi connectivity index (χ2v) is 7.20. The molecule has 1 unspecified atom stereocenters. The maximum absolute atomic E-state index is 13.0. The Labute approximate surface area is 172 Å². The molecular weight excluding hydrogens is 364 g/mol. The lowest BCUT2D eigenvalue weighted by atomic mass is 10.0. The van der Waals surface area contributed by atoms with Gasteiger partial charge < -0.3 is 15.0 Å². The highest BCUT2D eigenvalue weighted by Crippen LogP contribution is 2.31. The lowest BCUT2D eigenvalue weighted by Gasteiger charge is -2.29. The Morgan fingerprint density at radius 2 is 1.76 bits per heavy atom. The number of benzene rings is 2. The molecule has 1 atom stereocenters. The Bertz CT molecular complexity index is 857. The summed E-state index contributed by atoms with van der Waals surface area (Å²) in [5.41, 5.74) is 2.63. The van der Waals surface area contributed by atoms with Gasteiger partial charge in [0.05, 0.1) is 13.2 Å². The number of methoxy groups -OCH3 is 1. The van der Waals surface area contributed by atoms with E-state index in [-0.39, 0.29) is 17.9 Å². The summed E-state index contributed by atoms with van der Waals surface area (Å²) in [6.45, 7) is 0.759. The first kappa shape index (κ1) is 20.6. The second kappa shape index (κ2) is 9.92. The minimum Gasteiger partial charge on any atom is -0.497 e. The van der Waals surface area contributed by atoms with Gasteiger partial charge in [0.1, 0.15) is 5.75 Å². The summed E-state index contributed by atoms with van der Waals surface area (Å²) in [5.74, 6) is 0.715. The first-order valence-corrected chi connectivity index (χ1v) is 10.1. The molecule has 29 heavy (non-hydrogen) atoms. The van der Waals surface area contributed by atoms with Gasteiger partial charge in [-0.05, 0) is 54.3 Å². The fourth-order valence-electron chi connectivity index (χ4n) is 3.70. The van der Waals surface area contributed by atoms with Gasteiger partial charge in [-0.15, -0.1) is 0 Å². The van der Waals surface area contributed by atoms with Crippen molar-refractivity contribution in [3.8, 4) is 5.75 Å². The lowest BCUT2D eigenvalue weighted by Crippen LogP contribution is -2.33. The number of carbonyl (C=O) groups is 2. The van der Waals surface area contributed by atoms with Crippen LogP contribution >= 0.6 is 0 Å². The zero-order valence-corrected chi connectivity index (χ0v) is 17.1. The fourth-order valence-corrected chi connectivity index (χ4v) is 3.70. The first-order chi connectivity index (χ1) is 14.1. The molecule has 0 aromatic heterocycles. The average molecular weight is 392 g/mol. The van der Waals surface area contributed by atoms with Crippen LogP contribution in [-0.2, 0) is 4.79 Å². The van der Waals surface area contributed by atoms with Crippen molar-refractivity contribution in [1.29, 1.82) is 0 Å². The molecule has 0 bridgehead atoms. The largest absolute Gasteiger partial charge is 0.497 e. The predicted octanol–water partition coefficient (Wildman–Crippen LogP) is 4.21. The first-order valence-electron chi connectivity index (χ1n) is 10.1. The van der Waals surface area contributed by atoms with E-state index in [4.69, 9.17) is 4.74 Å². The fraction of sp³-hybridized carbons (Fsp3) is 0.333. The van der Waals surface area contributed by atoms with Crippen molar-refractivity contribution in [3.05, 3.63) is 71.3 Å². The summed E-state index contributed by atoms with van der Waals surface area (Å²) in [6, 6.07) is 15.3. The maximum atomic E-state index is 13.0. The third-order valence-corrected chi connectivity index (χ3v) is 5.35. The summed E-state index contributed by atoms with van der Waals surface area (Å²) in [5, 5.41) is 2.60. The van der Waals surface area contributed by atoms with Crippen LogP contribution in [0, 0.1) is 0 Å². The molecule has 1 aliphatic rings. The van der Waals surface area contributed by atoms with Crippen molar-refractivity contribution in [3.63, 3.8) is 0 Å². The van der Waals surface area contributed by atoms with Crippen molar-refractivity contribution in [1.82, 2.24) is 10.2 Å². The Morgan fingerprint density at radius 3 is 2.41 bits per heavy atom. The number of hydrogen-bond donors (Lipinski definition) is 1. The number of nitrogens with zero attached hydrogens (tertiary/aromatic N) is 1. The van der Waals surface area contributed by atoms with Crippen molar-refractivity contribution in [2.24, 2.45) is 0 Å². The van der Waals surface area contributed by atoms with Crippen molar-refractivity contribution in [2.45, 2.75) is 31.7 Å². The molecule has 1 fully saturated rings. The van der Waals surface area contributed by atoms with Gasteiger partial charge in [-0.2, -0.15) is 0 Å². The van der Waals surface area contributed by atoms with Gasteiger partial charge >= 0.3 is 0 Å². The molecule has 0 radical (unpaired) electrons. The Balaban J connectivity index is 1.75. The van der Waals surface area contributed by atoms with Gasteiger partial charge in [-0.25, -0.2) is 0 Å². The Kier molecular flexibility index (Phi) is 7.06. The predicted molar refractivity (Wildman–Crippen MR) is 115 cm³/mol. The van der Waals surface area contributed by atoms with E-state index in [1.165, 1.54) is 0 Å². The van der Waals surface area contributed by atoms with Crippen molar-refractivity contribution >= 4 is 17.9 Å². The van der Waals surface area contributed by atoms with E-state index in [9.17, 15) is 9.59 Å². The molecule has 1 N–H and O–H groups in total.